The number of unbranched alkanes of at least 4 members (excludes halogenated alkanes) is 1. The fourth-order valence-corrected chi connectivity index (χ4v) is 4.98. The number of aryl methyl sites for hydroxylation is 1. The molecule has 0 N–H and O–H groups in total. The second kappa shape index (κ2) is 10.3. The van der Waals surface area contributed by atoms with Gasteiger partial charge >= 0.3 is 0 Å². The molecule has 1 heterocycles. The number of methoxy groups -OCH3 is 2. The summed E-state index contributed by atoms with van der Waals surface area (Å²) in [5.74, 6) is 1.78. The predicted octanol–water partition coefficient (Wildman–Crippen LogP) is 5.66. The Balaban J connectivity index is 2.03. The van der Waals surface area contributed by atoms with Gasteiger partial charge in [-0.15, -0.1) is 0 Å². The zero-order valence-corrected chi connectivity index (χ0v) is 20.4. The number of fused-ring (bicyclic) bond motifs is 1. The van der Waals surface area contributed by atoms with Crippen LogP contribution in [-0.2, 0) is 6.54 Å². The van der Waals surface area contributed by atoms with Gasteiger partial charge in [0, 0.05) is 32.3 Å². The number of ether oxygens (including phenoxy) is 2. The molecule has 0 saturated carbocycles. The monoisotopic (exact) mass is 523 g/mol. The number of anilines is 1. The molecule has 1 aromatic heterocycles. The topological polar surface area (TPSA) is 25.6 Å². The summed E-state index contributed by atoms with van der Waals surface area (Å²) < 4.78 is 16.0. The summed E-state index contributed by atoms with van der Waals surface area (Å²) in [6.45, 7) is 0.964. The quantitative estimate of drug-likeness (QED) is 0.157. The first-order valence-electron chi connectivity index (χ1n) is 9.67. The van der Waals surface area contributed by atoms with E-state index in [1.807, 2.05) is 12.1 Å². The zero-order valence-electron chi connectivity index (χ0n) is 17.4. The van der Waals surface area contributed by atoms with Crippen LogP contribution in [-0.4, -0.2) is 32.7 Å². The Kier molecular flexibility index (Phi) is 7.77. The highest BCUT2D eigenvalue weighted by molar-refractivity contribution is 14.1. The standard InChI is InChI=1S/C23H28IN2O2S/c1-25(2)18-10-7-17(8-11-18)9-14-21-26(16-6-5-15-24)22-19(27-3)12-13-20(28-4)23(22)29-21/h7-14H,5-6,15-16H2,1-4H3/q+1. The number of aromatic nitrogens is 1. The van der Waals surface area contributed by atoms with Gasteiger partial charge in [0.15, 0.2) is 17.0 Å². The maximum Gasteiger partial charge on any atom is 0.270 e. The summed E-state index contributed by atoms with van der Waals surface area (Å²) in [5.41, 5.74) is 3.51. The van der Waals surface area contributed by atoms with E-state index >= 15 is 0 Å². The molecule has 0 amide bonds. The molecule has 0 aliphatic carbocycles. The van der Waals surface area contributed by atoms with E-state index in [1.54, 1.807) is 25.6 Å². The summed E-state index contributed by atoms with van der Waals surface area (Å²) in [7, 11) is 7.57. The van der Waals surface area contributed by atoms with Gasteiger partial charge in [0.25, 0.3) is 10.5 Å². The molecule has 0 aliphatic heterocycles. The maximum atomic E-state index is 5.69. The first-order chi connectivity index (χ1) is 14.1. The van der Waals surface area contributed by atoms with Crippen molar-refractivity contribution in [1.82, 2.24) is 0 Å². The molecule has 0 unspecified atom stereocenters. The average Bonchev–Trinajstić information content (AvgIpc) is 3.10. The Hall–Kier alpha value is -1.80. The fourth-order valence-electron chi connectivity index (χ4n) is 3.25. The van der Waals surface area contributed by atoms with Gasteiger partial charge in [-0.3, -0.25) is 0 Å². The molecule has 3 rings (SSSR count). The lowest BCUT2D eigenvalue weighted by molar-refractivity contribution is -0.669. The molecule has 0 spiro atoms. The summed E-state index contributed by atoms with van der Waals surface area (Å²) >= 11 is 4.19. The van der Waals surface area contributed by atoms with Gasteiger partial charge in [0.1, 0.15) is 5.75 Å². The van der Waals surface area contributed by atoms with Crippen molar-refractivity contribution < 1.29 is 14.0 Å². The Morgan fingerprint density at radius 1 is 0.966 bits per heavy atom. The molecule has 0 radical (unpaired) electrons. The van der Waals surface area contributed by atoms with E-state index in [-0.39, 0.29) is 0 Å². The minimum atomic E-state index is 0.890. The third-order valence-corrected chi connectivity index (χ3v) is 6.76. The summed E-state index contributed by atoms with van der Waals surface area (Å²) in [4.78, 5) is 2.11. The molecule has 4 nitrogen and oxygen atoms in total. The van der Waals surface area contributed by atoms with Crippen LogP contribution >= 0.6 is 33.9 Å². The van der Waals surface area contributed by atoms with Crippen LogP contribution in [0, 0.1) is 0 Å². The molecule has 29 heavy (non-hydrogen) atoms. The summed E-state index contributed by atoms with van der Waals surface area (Å²) in [6, 6.07) is 12.6. The molecule has 3 aromatic rings. The molecule has 2 aromatic carbocycles. The number of halogens is 1. The van der Waals surface area contributed by atoms with Crippen LogP contribution in [0.5, 0.6) is 11.5 Å². The lowest BCUT2D eigenvalue weighted by Crippen LogP contribution is -2.35. The minimum Gasteiger partial charge on any atom is -0.495 e. The Bertz CT molecular complexity index is 981. The molecule has 6 heteroatoms. The minimum absolute atomic E-state index is 0.890. The van der Waals surface area contributed by atoms with Crippen LogP contribution in [0.2, 0.25) is 0 Å². The van der Waals surface area contributed by atoms with Crippen molar-refractivity contribution in [3.8, 4) is 11.5 Å². The van der Waals surface area contributed by atoms with Crippen LogP contribution in [0.15, 0.2) is 36.4 Å². The average molecular weight is 523 g/mol. The molecular formula is C23H28IN2O2S+. The van der Waals surface area contributed by atoms with Crippen molar-refractivity contribution in [3.05, 3.63) is 47.0 Å². The van der Waals surface area contributed by atoms with Crippen molar-refractivity contribution in [2.24, 2.45) is 0 Å². The van der Waals surface area contributed by atoms with Gasteiger partial charge in [0.05, 0.1) is 14.2 Å². The molecule has 154 valence electrons. The van der Waals surface area contributed by atoms with Crippen molar-refractivity contribution in [3.63, 3.8) is 0 Å². The molecule has 0 bridgehead atoms. The van der Waals surface area contributed by atoms with Crippen LogP contribution in [0.25, 0.3) is 22.4 Å². The first kappa shape index (κ1) is 21.9. The van der Waals surface area contributed by atoms with Gasteiger partial charge in [-0.2, -0.15) is 4.57 Å². The molecule has 0 saturated heterocycles. The van der Waals surface area contributed by atoms with Crippen molar-refractivity contribution in [2.75, 3.05) is 37.6 Å². The van der Waals surface area contributed by atoms with Crippen molar-refractivity contribution in [2.45, 2.75) is 19.4 Å². The number of benzene rings is 2. The number of hydrogen-bond donors (Lipinski definition) is 0. The number of rotatable bonds is 9. The van der Waals surface area contributed by atoms with E-state index < -0.39 is 0 Å². The van der Waals surface area contributed by atoms with E-state index in [0.717, 1.165) is 34.7 Å². The van der Waals surface area contributed by atoms with E-state index in [9.17, 15) is 0 Å². The Labute approximate surface area is 190 Å². The molecule has 0 fully saturated rings. The van der Waals surface area contributed by atoms with Crippen LogP contribution in [0.1, 0.15) is 23.4 Å². The third-order valence-electron chi connectivity index (χ3n) is 4.83. The van der Waals surface area contributed by atoms with E-state index in [4.69, 9.17) is 9.47 Å². The maximum absolute atomic E-state index is 5.69. The number of hydrogen-bond acceptors (Lipinski definition) is 4. The van der Waals surface area contributed by atoms with Gasteiger partial charge in [-0.05, 0) is 46.8 Å². The predicted molar refractivity (Wildman–Crippen MR) is 133 cm³/mol. The Morgan fingerprint density at radius 3 is 2.28 bits per heavy atom. The number of thiazole rings is 1. The fraction of sp³-hybridized carbons (Fsp3) is 0.348. The summed E-state index contributed by atoms with van der Waals surface area (Å²) in [6.07, 6.45) is 6.72. The lowest BCUT2D eigenvalue weighted by atomic mass is 10.2. The second-order valence-electron chi connectivity index (χ2n) is 6.96. The number of alkyl halides is 1. The third kappa shape index (κ3) is 5.04. The highest BCUT2D eigenvalue weighted by Gasteiger charge is 2.25. The zero-order chi connectivity index (χ0) is 20.8. The number of nitrogens with zero attached hydrogens (tertiary/aromatic N) is 2. The van der Waals surface area contributed by atoms with E-state index in [1.165, 1.54) is 27.1 Å². The second-order valence-corrected chi connectivity index (χ2v) is 9.06. The van der Waals surface area contributed by atoms with Crippen LogP contribution in [0.4, 0.5) is 5.69 Å². The van der Waals surface area contributed by atoms with E-state index in [2.05, 4.69) is 82.6 Å². The van der Waals surface area contributed by atoms with E-state index in [0.29, 0.717) is 0 Å². The summed E-state index contributed by atoms with van der Waals surface area (Å²) in [5, 5.41) is 1.20. The van der Waals surface area contributed by atoms with Crippen LogP contribution < -0.4 is 18.9 Å². The first-order valence-corrected chi connectivity index (χ1v) is 12.0. The van der Waals surface area contributed by atoms with Gasteiger partial charge < -0.3 is 14.4 Å². The Morgan fingerprint density at radius 2 is 1.66 bits per heavy atom. The van der Waals surface area contributed by atoms with Gasteiger partial charge in [0.2, 0.25) is 0 Å². The highest BCUT2D eigenvalue weighted by Crippen LogP contribution is 2.36. The largest absolute Gasteiger partial charge is 0.495 e. The smallest absolute Gasteiger partial charge is 0.270 e. The normalized spacial score (nSPS) is 11.3. The van der Waals surface area contributed by atoms with Crippen LogP contribution in [0.3, 0.4) is 0 Å². The molecule has 0 aliphatic rings. The molecular weight excluding hydrogens is 495 g/mol. The van der Waals surface area contributed by atoms with Crippen molar-refractivity contribution in [1.29, 1.82) is 0 Å². The van der Waals surface area contributed by atoms with Gasteiger partial charge in [-0.1, -0.05) is 46.1 Å². The highest BCUT2D eigenvalue weighted by atomic mass is 127. The van der Waals surface area contributed by atoms with Gasteiger partial charge in [-0.25, -0.2) is 0 Å². The lowest BCUT2D eigenvalue weighted by Gasteiger charge is -2.11. The van der Waals surface area contributed by atoms with Crippen molar-refractivity contribution >= 4 is 62.0 Å². The molecule has 0 atom stereocenters. The SMILES string of the molecule is COc1ccc(OC)c2c1sc(/C=C/c1ccc(N(C)C)cc1)[n+]2CCCCI.